The van der Waals surface area contributed by atoms with Gasteiger partial charge in [0.05, 0.1) is 5.25 Å². The molecule has 0 amide bonds. The Morgan fingerprint density at radius 3 is 3.11 bits per heavy atom. The molecular weight excluding hydrogens is 278 g/mol. The Balaban J connectivity index is 1.83. The lowest BCUT2D eigenvalue weighted by atomic mass is 10.1. The van der Waals surface area contributed by atoms with Crippen LogP contribution in [-0.4, -0.2) is 27.4 Å². The molecule has 0 aliphatic carbocycles. The normalized spacial score (nSPS) is 19.5. The Bertz CT molecular complexity index is 552. The number of nitrogens with two attached hydrogens (primary N) is 1. The SMILES string of the molecule is NCc1cccc(-c2nc(C3CSCCS3)no2)c1. The van der Waals surface area contributed by atoms with Crippen LogP contribution < -0.4 is 5.73 Å². The molecule has 0 saturated carbocycles. The van der Waals surface area contributed by atoms with Crippen molar-refractivity contribution in [1.82, 2.24) is 10.1 Å². The third-order valence-electron chi connectivity index (χ3n) is 2.96. The van der Waals surface area contributed by atoms with E-state index in [4.69, 9.17) is 10.3 Å². The van der Waals surface area contributed by atoms with Gasteiger partial charge in [-0.2, -0.15) is 16.7 Å². The third-order valence-corrected chi connectivity index (χ3v) is 5.71. The molecule has 4 nitrogen and oxygen atoms in total. The minimum Gasteiger partial charge on any atom is -0.334 e. The van der Waals surface area contributed by atoms with Gasteiger partial charge in [0, 0.05) is 29.4 Å². The molecule has 100 valence electrons. The topological polar surface area (TPSA) is 64.9 Å². The first-order chi connectivity index (χ1) is 9.36. The Morgan fingerprint density at radius 2 is 2.32 bits per heavy atom. The van der Waals surface area contributed by atoms with Crippen molar-refractivity contribution in [3.05, 3.63) is 35.7 Å². The number of hydrogen-bond donors (Lipinski definition) is 1. The minimum absolute atomic E-state index is 0.356. The van der Waals surface area contributed by atoms with Gasteiger partial charge in [0.1, 0.15) is 0 Å². The van der Waals surface area contributed by atoms with Crippen molar-refractivity contribution in [2.45, 2.75) is 11.8 Å². The van der Waals surface area contributed by atoms with Crippen LogP contribution in [0.5, 0.6) is 0 Å². The zero-order chi connectivity index (χ0) is 13.1. The van der Waals surface area contributed by atoms with Crippen LogP contribution in [-0.2, 0) is 6.54 Å². The second-order valence-corrected chi connectivity index (χ2v) is 6.76. The molecular formula is C13H15N3OS2. The van der Waals surface area contributed by atoms with Crippen molar-refractivity contribution in [2.75, 3.05) is 17.3 Å². The lowest BCUT2D eigenvalue weighted by Crippen LogP contribution is -2.07. The Labute approximate surface area is 120 Å². The van der Waals surface area contributed by atoms with Gasteiger partial charge in [-0.25, -0.2) is 0 Å². The van der Waals surface area contributed by atoms with Crippen LogP contribution in [0.4, 0.5) is 0 Å². The fraction of sp³-hybridized carbons (Fsp3) is 0.385. The fourth-order valence-electron chi connectivity index (χ4n) is 1.95. The van der Waals surface area contributed by atoms with Gasteiger partial charge in [0.2, 0.25) is 0 Å². The largest absolute Gasteiger partial charge is 0.334 e. The summed E-state index contributed by atoms with van der Waals surface area (Å²) in [6.07, 6.45) is 0. The lowest BCUT2D eigenvalue weighted by Gasteiger charge is -2.16. The summed E-state index contributed by atoms with van der Waals surface area (Å²) in [6, 6.07) is 7.93. The van der Waals surface area contributed by atoms with E-state index in [1.807, 2.05) is 47.8 Å². The van der Waals surface area contributed by atoms with E-state index in [0.717, 1.165) is 28.5 Å². The van der Waals surface area contributed by atoms with E-state index in [1.54, 1.807) is 0 Å². The van der Waals surface area contributed by atoms with E-state index in [0.29, 0.717) is 17.7 Å². The molecule has 0 spiro atoms. The summed E-state index contributed by atoms with van der Waals surface area (Å²) in [5.41, 5.74) is 7.66. The van der Waals surface area contributed by atoms with Gasteiger partial charge < -0.3 is 10.3 Å². The maximum absolute atomic E-state index is 5.65. The maximum Gasteiger partial charge on any atom is 0.257 e. The van der Waals surface area contributed by atoms with Gasteiger partial charge in [-0.3, -0.25) is 0 Å². The van der Waals surface area contributed by atoms with Crippen molar-refractivity contribution in [3.63, 3.8) is 0 Å². The van der Waals surface area contributed by atoms with E-state index < -0.39 is 0 Å². The highest BCUT2D eigenvalue weighted by atomic mass is 32.2. The molecule has 0 radical (unpaired) electrons. The molecule has 6 heteroatoms. The van der Waals surface area contributed by atoms with Crippen molar-refractivity contribution >= 4 is 23.5 Å². The van der Waals surface area contributed by atoms with E-state index in [9.17, 15) is 0 Å². The molecule has 1 saturated heterocycles. The van der Waals surface area contributed by atoms with Crippen LogP contribution in [0.25, 0.3) is 11.5 Å². The monoisotopic (exact) mass is 293 g/mol. The van der Waals surface area contributed by atoms with Crippen LogP contribution in [0.3, 0.4) is 0 Å². The Morgan fingerprint density at radius 1 is 1.37 bits per heavy atom. The predicted molar refractivity (Wildman–Crippen MR) is 80.1 cm³/mol. The second-order valence-electron chi connectivity index (χ2n) is 4.30. The fourth-order valence-corrected chi connectivity index (χ4v) is 4.54. The number of benzene rings is 1. The Hall–Kier alpha value is -0.980. The first-order valence-electron chi connectivity index (χ1n) is 6.19. The quantitative estimate of drug-likeness (QED) is 0.938. The molecule has 1 aliphatic rings. The minimum atomic E-state index is 0.356. The maximum atomic E-state index is 5.65. The smallest absolute Gasteiger partial charge is 0.257 e. The number of rotatable bonds is 3. The molecule has 2 heterocycles. The van der Waals surface area contributed by atoms with Crippen molar-refractivity contribution in [3.8, 4) is 11.5 Å². The van der Waals surface area contributed by atoms with Gasteiger partial charge in [-0.05, 0) is 17.7 Å². The van der Waals surface area contributed by atoms with Crippen LogP contribution in [0.1, 0.15) is 16.6 Å². The van der Waals surface area contributed by atoms with Gasteiger partial charge in [0.25, 0.3) is 5.89 Å². The lowest BCUT2D eigenvalue weighted by molar-refractivity contribution is 0.423. The highest BCUT2D eigenvalue weighted by molar-refractivity contribution is 8.06. The van der Waals surface area contributed by atoms with Crippen LogP contribution in [0.15, 0.2) is 28.8 Å². The molecule has 0 bridgehead atoms. The standard InChI is InChI=1S/C13H15N3OS2/c14-7-9-2-1-3-10(6-9)13-15-12(16-17-13)11-8-18-4-5-19-11/h1-3,6,11H,4-5,7-8,14H2. The van der Waals surface area contributed by atoms with Gasteiger partial charge in [0.15, 0.2) is 5.82 Å². The van der Waals surface area contributed by atoms with E-state index in [-0.39, 0.29) is 0 Å². The summed E-state index contributed by atoms with van der Waals surface area (Å²) in [6.45, 7) is 0.518. The molecule has 2 N–H and O–H groups in total. The highest BCUT2D eigenvalue weighted by Gasteiger charge is 2.22. The molecule has 2 aromatic rings. The number of hydrogen-bond acceptors (Lipinski definition) is 6. The Kier molecular flexibility index (Phi) is 4.10. The van der Waals surface area contributed by atoms with Crippen LogP contribution >= 0.6 is 23.5 Å². The zero-order valence-electron chi connectivity index (χ0n) is 10.4. The second kappa shape index (κ2) is 5.98. The molecule has 1 aromatic heterocycles. The molecule has 3 rings (SSSR count). The van der Waals surface area contributed by atoms with E-state index >= 15 is 0 Å². The highest BCUT2D eigenvalue weighted by Crippen LogP contribution is 2.35. The summed E-state index contributed by atoms with van der Waals surface area (Å²) in [5.74, 6) is 4.82. The summed E-state index contributed by atoms with van der Waals surface area (Å²) in [7, 11) is 0. The average molecular weight is 293 g/mol. The van der Waals surface area contributed by atoms with Gasteiger partial charge in [-0.15, -0.1) is 11.8 Å². The number of aromatic nitrogens is 2. The zero-order valence-corrected chi connectivity index (χ0v) is 12.0. The van der Waals surface area contributed by atoms with E-state index in [2.05, 4.69) is 10.1 Å². The molecule has 1 fully saturated rings. The van der Waals surface area contributed by atoms with Crippen LogP contribution in [0.2, 0.25) is 0 Å². The summed E-state index contributed by atoms with van der Waals surface area (Å²) in [5, 5.41) is 4.48. The van der Waals surface area contributed by atoms with Gasteiger partial charge in [-0.1, -0.05) is 17.3 Å². The van der Waals surface area contributed by atoms with Crippen molar-refractivity contribution < 1.29 is 4.52 Å². The first kappa shape index (κ1) is 13.0. The number of nitrogens with zero attached hydrogens (tertiary/aromatic N) is 2. The average Bonchev–Trinajstić information content (AvgIpc) is 2.98. The van der Waals surface area contributed by atoms with Gasteiger partial charge >= 0.3 is 0 Å². The van der Waals surface area contributed by atoms with Crippen LogP contribution in [0, 0.1) is 0 Å². The molecule has 1 aromatic carbocycles. The molecule has 1 unspecified atom stereocenters. The summed E-state index contributed by atoms with van der Waals surface area (Å²) >= 11 is 3.86. The first-order valence-corrected chi connectivity index (χ1v) is 8.39. The number of thioether (sulfide) groups is 2. The van der Waals surface area contributed by atoms with Crippen molar-refractivity contribution in [1.29, 1.82) is 0 Å². The molecule has 19 heavy (non-hydrogen) atoms. The molecule has 1 aliphatic heterocycles. The summed E-state index contributed by atoms with van der Waals surface area (Å²) in [4.78, 5) is 4.53. The predicted octanol–water partition coefficient (Wildman–Crippen LogP) is 2.72. The molecule has 1 atom stereocenters. The van der Waals surface area contributed by atoms with E-state index in [1.165, 1.54) is 5.75 Å². The third kappa shape index (κ3) is 2.96. The summed E-state index contributed by atoms with van der Waals surface area (Å²) < 4.78 is 5.38. The van der Waals surface area contributed by atoms with Crippen molar-refractivity contribution in [2.24, 2.45) is 5.73 Å².